The van der Waals surface area contributed by atoms with Crippen LogP contribution in [-0.4, -0.2) is 64.9 Å². The van der Waals surface area contributed by atoms with Gasteiger partial charge in [-0.05, 0) is 78.7 Å². The predicted octanol–water partition coefficient (Wildman–Crippen LogP) is 4.64. The third-order valence-electron chi connectivity index (χ3n) is 7.75. The van der Waals surface area contributed by atoms with Crippen molar-refractivity contribution in [3.8, 4) is 6.07 Å². The fraction of sp³-hybridized carbons (Fsp3) is 0.200. The number of hydrogen-bond acceptors (Lipinski definition) is 7. The maximum absolute atomic E-state index is 13.9. The van der Waals surface area contributed by atoms with Crippen LogP contribution in [0.4, 0.5) is 15.8 Å². The summed E-state index contributed by atoms with van der Waals surface area (Å²) in [7, 11) is 0. The molecule has 5 rings (SSSR count). The summed E-state index contributed by atoms with van der Waals surface area (Å²) in [6.07, 6.45) is 3.27. The zero-order valence-corrected chi connectivity index (χ0v) is 25.2. The normalized spacial score (nSPS) is 13.5. The van der Waals surface area contributed by atoms with Crippen LogP contribution in [0.2, 0.25) is 0 Å². The molecule has 1 saturated heterocycles. The number of anilines is 2. The molecule has 1 aliphatic rings. The van der Waals surface area contributed by atoms with Crippen molar-refractivity contribution in [2.75, 3.05) is 36.4 Å². The molecule has 1 atom stereocenters. The Balaban J connectivity index is 1.40. The van der Waals surface area contributed by atoms with Gasteiger partial charge in [0.15, 0.2) is 0 Å². The molecule has 1 unspecified atom stereocenters. The number of pyridine rings is 1. The molecule has 0 spiro atoms. The molecule has 0 bridgehead atoms. The number of amides is 3. The molecule has 238 valence electrons. The Kier molecular flexibility index (Phi) is 10.2. The minimum atomic E-state index is -1.11. The lowest BCUT2D eigenvalue weighted by molar-refractivity contribution is -0.137. The number of nitrogens with one attached hydrogen (secondary N) is 2. The number of rotatable bonds is 9. The van der Waals surface area contributed by atoms with Gasteiger partial charge in [-0.1, -0.05) is 12.1 Å². The topological polar surface area (TPSA) is 156 Å². The number of benzene rings is 3. The molecule has 4 aromatic rings. The van der Waals surface area contributed by atoms with Crippen LogP contribution in [0.25, 0.3) is 0 Å². The number of carboxylic acids is 1. The summed E-state index contributed by atoms with van der Waals surface area (Å²) in [5.74, 6) is -3.00. The Labute approximate surface area is 270 Å². The van der Waals surface area contributed by atoms with E-state index in [-0.39, 0.29) is 29.1 Å². The van der Waals surface area contributed by atoms with Crippen molar-refractivity contribution in [2.45, 2.75) is 18.9 Å². The summed E-state index contributed by atoms with van der Waals surface area (Å²) >= 11 is 0. The molecule has 12 heteroatoms. The summed E-state index contributed by atoms with van der Waals surface area (Å²) in [6.45, 7) is 1.81. The number of nitrogens with zero attached hydrogens (tertiary/aromatic N) is 4. The summed E-state index contributed by atoms with van der Waals surface area (Å²) < 4.78 is 13.9. The lowest BCUT2D eigenvalue weighted by atomic mass is 10.0. The molecule has 1 aliphatic heterocycles. The number of carbonyl (C=O) groups is 4. The third-order valence-corrected chi connectivity index (χ3v) is 7.75. The van der Waals surface area contributed by atoms with Crippen LogP contribution in [0.5, 0.6) is 0 Å². The smallest absolute Gasteiger partial charge is 0.305 e. The molecular weight excluding hydrogens is 603 g/mol. The van der Waals surface area contributed by atoms with E-state index in [9.17, 15) is 28.7 Å². The zero-order valence-electron chi connectivity index (χ0n) is 25.2. The second-order valence-corrected chi connectivity index (χ2v) is 10.9. The number of carbonyl (C=O) groups excluding carboxylic acids is 3. The lowest BCUT2D eigenvalue weighted by Gasteiger charge is -2.27. The Morgan fingerprint density at radius 3 is 2.36 bits per heavy atom. The van der Waals surface area contributed by atoms with Crippen LogP contribution in [0, 0.1) is 17.1 Å². The first-order valence-corrected chi connectivity index (χ1v) is 14.9. The minimum absolute atomic E-state index is 0.0824. The Hall–Kier alpha value is -6.09. The monoisotopic (exact) mass is 634 g/mol. The van der Waals surface area contributed by atoms with E-state index in [2.05, 4.69) is 15.6 Å². The summed E-state index contributed by atoms with van der Waals surface area (Å²) in [5.41, 5.74) is 2.58. The highest BCUT2D eigenvalue weighted by Gasteiger charge is 2.25. The van der Waals surface area contributed by atoms with Crippen LogP contribution in [0.15, 0.2) is 91.3 Å². The highest BCUT2D eigenvalue weighted by Crippen LogP contribution is 2.30. The average Bonchev–Trinajstić information content (AvgIpc) is 3.34. The van der Waals surface area contributed by atoms with Crippen molar-refractivity contribution in [3.63, 3.8) is 0 Å². The number of carboxylic acid groups (broad SMARTS) is 1. The van der Waals surface area contributed by atoms with E-state index in [1.807, 2.05) is 11.0 Å². The van der Waals surface area contributed by atoms with E-state index in [1.165, 1.54) is 30.5 Å². The maximum Gasteiger partial charge on any atom is 0.305 e. The largest absolute Gasteiger partial charge is 0.481 e. The number of nitriles is 1. The molecule has 2 heterocycles. The fourth-order valence-corrected chi connectivity index (χ4v) is 5.36. The van der Waals surface area contributed by atoms with Gasteiger partial charge in [-0.2, -0.15) is 5.26 Å². The van der Waals surface area contributed by atoms with Gasteiger partial charge in [-0.3, -0.25) is 24.2 Å². The fourth-order valence-electron chi connectivity index (χ4n) is 5.36. The van der Waals surface area contributed by atoms with Gasteiger partial charge in [0, 0.05) is 55.3 Å². The second-order valence-electron chi connectivity index (χ2n) is 10.9. The summed E-state index contributed by atoms with van der Waals surface area (Å²) in [6, 6.07) is 20.9. The van der Waals surface area contributed by atoms with Crippen molar-refractivity contribution < 1.29 is 28.7 Å². The number of aliphatic carboxylic acids is 1. The number of aromatic nitrogens is 1. The molecule has 47 heavy (non-hydrogen) atoms. The van der Waals surface area contributed by atoms with Crippen LogP contribution in [-0.2, 0) is 4.79 Å². The van der Waals surface area contributed by atoms with E-state index in [0.29, 0.717) is 55.0 Å². The van der Waals surface area contributed by atoms with E-state index in [1.54, 1.807) is 59.6 Å². The SMILES string of the molecule is N#Cc1ccc(C(=O)N2CCCN(c3ccc(C(=O)NC(CC(=O)O)c4cccnc4)cc3NC(=O)c3cccc(F)c3)CC2)cc1. The highest BCUT2D eigenvalue weighted by molar-refractivity contribution is 6.07. The van der Waals surface area contributed by atoms with Crippen LogP contribution in [0.1, 0.15) is 61.1 Å². The first-order valence-electron chi connectivity index (χ1n) is 14.9. The lowest BCUT2D eigenvalue weighted by Crippen LogP contribution is -2.35. The van der Waals surface area contributed by atoms with Gasteiger partial charge in [0.1, 0.15) is 5.82 Å². The van der Waals surface area contributed by atoms with Crippen molar-refractivity contribution >= 4 is 35.1 Å². The van der Waals surface area contributed by atoms with Crippen molar-refractivity contribution in [1.82, 2.24) is 15.2 Å². The molecule has 11 nitrogen and oxygen atoms in total. The van der Waals surface area contributed by atoms with Crippen LogP contribution < -0.4 is 15.5 Å². The van der Waals surface area contributed by atoms with Gasteiger partial charge in [0.25, 0.3) is 17.7 Å². The first kappa shape index (κ1) is 32.3. The molecule has 3 aromatic carbocycles. The summed E-state index contributed by atoms with van der Waals surface area (Å²) in [5, 5.41) is 24.1. The number of halogens is 1. The van der Waals surface area contributed by atoms with Gasteiger partial charge in [-0.15, -0.1) is 0 Å². The standard InChI is InChI=1S/C35H31FN6O5/c36-28-6-1-4-25(18-28)33(45)40-30-19-26(34(46)39-29(20-32(43)44)27-5-2-13-38-22-27)11-12-31(30)41-14-3-15-42(17-16-41)35(47)24-9-7-23(21-37)8-10-24/h1-2,4-13,18-19,22,29H,3,14-17,20H2,(H,39,46)(H,40,45)(H,43,44). The van der Waals surface area contributed by atoms with Gasteiger partial charge in [0.2, 0.25) is 0 Å². The van der Waals surface area contributed by atoms with Crippen LogP contribution in [0.3, 0.4) is 0 Å². The Morgan fingerprint density at radius 2 is 1.66 bits per heavy atom. The molecular formula is C35H31FN6O5. The Morgan fingerprint density at radius 1 is 0.894 bits per heavy atom. The van der Waals surface area contributed by atoms with Gasteiger partial charge in [-0.25, -0.2) is 4.39 Å². The molecule has 3 N–H and O–H groups in total. The van der Waals surface area contributed by atoms with Crippen LogP contribution >= 0.6 is 0 Å². The molecule has 0 aliphatic carbocycles. The first-order chi connectivity index (χ1) is 22.7. The second kappa shape index (κ2) is 14.8. The van der Waals surface area contributed by atoms with E-state index < -0.39 is 29.6 Å². The van der Waals surface area contributed by atoms with E-state index in [0.717, 1.165) is 6.07 Å². The molecule has 1 aromatic heterocycles. The maximum atomic E-state index is 13.9. The summed E-state index contributed by atoms with van der Waals surface area (Å²) in [4.78, 5) is 59.2. The highest BCUT2D eigenvalue weighted by atomic mass is 19.1. The molecule has 1 fully saturated rings. The van der Waals surface area contributed by atoms with Gasteiger partial charge < -0.3 is 25.5 Å². The van der Waals surface area contributed by atoms with E-state index >= 15 is 0 Å². The van der Waals surface area contributed by atoms with Crippen molar-refractivity contribution in [1.29, 1.82) is 5.26 Å². The van der Waals surface area contributed by atoms with E-state index in [4.69, 9.17) is 5.26 Å². The average molecular weight is 635 g/mol. The minimum Gasteiger partial charge on any atom is -0.481 e. The third kappa shape index (κ3) is 8.15. The predicted molar refractivity (Wildman–Crippen MR) is 171 cm³/mol. The molecule has 0 radical (unpaired) electrons. The Bertz CT molecular complexity index is 1830. The molecule has 0 saturated carbocycles. The number of hydrogen-bond donors (Lipinski definition) is 3. The zero-order chi connectivity index (χ0) is 33.3. The molecule has 3 amide bonds. The van der Waals surface area contributed by atoms with Crippen molar-refractivity contribution in [3.05, 3.63) is 125 Å². The van der Waals surface area contributed by atoms with Crippen molar-refractivity contribution in [2.24, 2.45) is 0 Å². The quantitative estimate of drug-likeness (QED) is 0.241. The van der Waals surface area contributed by atoms with Gasteiger partial charge in [0.05, 0.1) is 35.5 Å². The van der Waals surface area contributed by atoms with Gasteiger partial charge >= 0.3 is 5.97 Å².